The van der Waals surface area contributed by atoms with E-state index in [9.17, 15) is 13.5 Å². The first-order valence-corrected chi connectivity index (χ1v) is 8.43. The largest absolute Gasteiger partial charge is 0.395 e. The molecule has 0 radical (unpaired) electrons. The predicted molar refractivity (Wildman–Crippen MR) is 76.2 cm³/mol. The molecule has 0 aliphatic carbocycles. The van der Waals surface area contributed by atoms with Crippen molar-refractivity contribution in [1.82, 2.24) is 13.5 Å². The van der Waals surface area contributed by atoms with Crippen LogP contribution in [0.15, 0.2) is 0 Å². The molecule has 7 heteroatoms. The average Bonchev–Trinajstić information content (AvgIpc) is 2.38. The first-order chi connectivity index (χ1) is 8.97. The second-order valence-corrected chi connectivity index (χ2v) is 6.84. The molecule has 0 aromatic heterocycles. The molecule has 1 N–H and O–H groups in total. The predicted octanol–water partition coefficient (Wildman–Crippen LogP) is -0.0385. The molecule has 114 valence electrons. The lowest BCUT2D eigenvalue weighted by atomic mass is 10.1. The molecular formula is C12H27N3O3S. The minimum absolute atomic E-state index is 0.00829. The minimum Gasteiger partial charge on any atom is -0.395 e. The maximum absolute atomic E-state index is 12.6. The van der Waals surface area contributed by atoms with E-state index in [1.165, 1.54) is 8.61 Å². The topological polar surface area (TPSA) is 64.1 Å². The van der Waals surface area contributed by atoms with Crippen LogP contribution in [-0.2, 0) is 10.2 Å². The Balaban J connectivity index is 2.87. The highest BCUT2D eigenvalue weighted by atomic mass is 32.2. The Bertz CT molecular complexity index is 349. The third-order valence-electron chi connectivity index (χ3n) is 3.74. The van der Waals surface area contributed by atoms with Crippen molar-refractivity contribution in [2.75, 3.05) is 46.4 Å². The summed E-state index contributed by atoms with van der Waals surface area (Å²) in [5.41, 5.74) is 0. The van der Waals surface area contributed by atoms with Gasteiger partial charge in [0, 0.05) is 25.7 Å². The van der Waals surface area contributed by atoms with E-state index >= 15 is 0 Å². The smallest absolute Gasteiger partial charge is 0.282 e. The fraction of sp³-hybridized carbons (Fsp3) is 1.00. The normalized spacial score (nSPS) is 19.5. The van der Waals surface area contributed by atoms with Gasteiger partial charge in [0.25, 0.3) is 10.2 Å². The second kappa shape index (κ2) is 7.54. The Kier molecular flexibility index (Phi) is 6.68. The first kappa shape index (κ1) is 16.8. The summed E-state index contributed by atoms with van der Waals surface area (Å²) >= 11 is 0. The van der Waals surface area contributed by atoms with Crippen LogP contribution in [-0.4, -0.2) is 79.5 Å². The molecule has 1 aliphatic heterocycles. The maximum Gasteiger partial charge on any atom is 0.282 e. The third-order valence-corrected chi connectivity index (χ3v) is 5.99. The highest BCUT2D eigenvalue weighted by molar-refractivity contribution is 7.86. The maximum atomic E-state index is 12.6. The van der Waals surface area contributed by atoms with E-state index < -0.39 is 10.2 Å². The van der Waals surface area contributed by atoms with Gasteiger partial charge in [0.05, 0.1) is 6.61 Å². The van der Waals surface area contributed by atoms with Crippen molar-refractivity contribution in [3.63, 3.8) is 0 Å². The van der Waals surface area contributed by atoms with Gasteiger partial charge < -0.3 is 10.0 Å². The first-order valence-electron chi connectivity index (χ1n) is 7.03. The van der Waals surface area contributed by atoms with Gasteiger partial charge in [-0.15, -0.1) is 0 Å². The number of hydrogen-bond acceptors (Lipinski definition) is 4. The quantitative estimate of drug-likeness (QED) is 0.715. The Labute approximate surface area is 117 Å². The van der Waals surface area contributed by atoms with Crippen LogP contribution in [0, 0.1) is 0 Å². The van der Waals surface area contributed by atoms with Crippen LogP contribution in [0.5, 0.6) is 0 Å². The lowest BCUT2D eigenvalue weighted by Crippen LogP contribution is -2.52. The van der Waals surface area contributed by atoms with Crippen molar-refractivity contribution in [2.45, 2.75) is 32.7 Å². The zero-order valence-electron chi connectivity index (χ0n) is 12.2. The minimum atomic E-state index is -3.45. The molecule has 1 fully saturated rings. The van der Waals surface area contributed by atoms with Crippen LogP contribution in [0.1, 0.15) is 26.7 Å². The molecule has 0 saturated carbocycles. The van der Waals surface area contributed by atoms with Gasteiger partial charge >= 0.3 is 0 Å². The molecule has 1 saturated heterocycles. The van der Waals surface area contributed by atoms with E-state index in [2.05, 4.69) is 4.90 Å². The van der Waals surface area contributed by atoms with Gasteiger partial charge in [-0.3, -0.25) is 0 Å². The van der Waals surface area contributed by atoms with Crippen molar-refractivity contribution in [2.24, 2.45) is 0 Å². The SMILES string of the molecule is CCN(CC)S(=O)(=O)N(CCO)C1CCN(C)CC1. The van der Waals surface area contributed by atoms with Gasteiger partial charge in [-0.05, 0) is 33.0 Å². The standard InChI is InChI=1S/C12H27N3O3S/c1-4-14(5-2)19(17,18)15(10-11-16)12-6-8-13(3)9-7-12/h12,16H,4-11H2,1-3H3. The van der Waals surface area contributed by atoms with Gasteiger partial charge in [-0.2, -0.15) is 17.0 Å². The van der Waals surface area contributed by atoms with E-state index in [4.69, 9.17) is 0 Å². The van der Waals surface area contributed by atoms with Crippen LogP contribution in [0.2, 0.25) is 0 Å². The van der Waals surface area contributed by atoms with E-state index in [-0.39, 0.29) is 19.2 Å². The monoisotopic (exact) mass is 293 g/mol. The number of aliphatic hydroxyl groups excluding tert-OH is 1. The molecule has 0 unspecified atom stereocenters. The summed E-state index contributed by atoms with van der Waals surface area (Å²) in [4.78, 5) is 2.21. The second-order valence-electron chi connectivity index (χ2n) is 4.96. The summed E-state index contributed by atoms with van der Waals surface area (Å²) in [5.74, 6) is 0. The molecule has 0 spiro atoms. The summed E-state index contributed by atoms with van der Waals surface area (Å²) in [6, 6.07) is 0.00829. The van der Waals surface area contributed by atoms with Gasteiger partial charge in [0.2, 0.25) is 0 Å². The van der Waals surface area contributed by atoms with E-state index in [0.717, 1.165) is 25.9 Å². The number of piperidine rings is 1. The third kappa shape index (κ3) is 4.13. The fourth-order valence-corrected chi connectivity index (χ4v) is 4.42. The molecule has 0 atom stereocenters. The van der Waals surface area contributed by atoms with Crippen LogP contribution in [0.25, 0.3) is 0 Å². The molecule has 6 nitrogen and oxygen atoms in total. The average molecular weight is 293 g/mol. The molecule has 0 aromatic carbocycles. The molecular weight excluding hydrogens is 266 g/mol. The number of likely N-dealkylation sites (tertiary alicyclic amines) is 1. The number of nitrogens with zero attached hydrogens (tertiary/aromatic N) is 3. The van der Waals surface area contributed by atoms with Gasteiger partial charge in [-0.25, -0.2) is 0 Å². The Morgan fingerprint density at radius 1 is 1.21 bits per heavy atom. The zero-order chi connectivity index (χ0) is 14.5. The van der Waals surface area contributed by atoms with Gasteiger partial charge in [0.1, 0.15) is 0 Å². The molecule has 1 heterocycles. The number of rotatable bonds is 7. The van der Waals surface area contributed by atoms with Crippen LogP contribution in [0.4, 0.5) is 0 Å². The Morgan fingerprint density at radius 2 is 1.74 bits per heavy atom. The molecule has 0 amide bonds. The van der Waals surface area contributed by atoms with E-state index in [1.807, 2.05) is 20.9 Å². The van der Waals surface area contributed by atoms with Crippen molar-refractivity contribution in [3.05, 3.63) is 0 Å². The van der Waals surface area contributed by atoms with Crippen molar-refractivity contribution >= 4 is 10.2 Å². The Morgan fingerprint density at radius 3 is 2.16 bits per heavy atom. The molecule has 19 heavy (non-hydrogen) atoms. The lowest BCUT2D eigenvalue weighted by Gasteiger charge is -2.38. The summed E-state index contributed by atoms with van der Waals surface area (Å²) in [7, 11) is -1.41. The van der Waals surface area contributed by atoms with E-state index in [1.54, 1.807) is 0 Å². The summed E-state index contributed by atoms with van der Waals surface area (Å²) in [5, 5.41) is 9.17. The van der Waals surface area contributed by atoms with Crippen LogP contribution >= 0.6 is 0 Å². The molecule has 0 bridgehead atoms. The molecule has 1 rings (SSSR count). The van der Waals surface area contributed by atoms with Crippen LogP contribution in [0.3, 0.4) is 0 Å². The lowest BCUT2D eigenvalue weighted by molar-refractivity contribution is 0.154. The number of aliphatic hydroxyl groups is 1. The summed E-state index contributed by atoms with van der Waals surface area (Å²) in [6.07, 6.45) is 1.66. The van der Waals surface area contributed by atoms with Crippen molar-refractivity contribution in [1.29, 1.82) is 0 Å². The van der Waals surface area contributed by atoms with Gasteiger partial charge in [-0.1, -0.05) is 13.8 Å². The van der Waals surface area contributed by atoms with Crippen molar-refractivity contribution < 1.29 is 13.5 Å². The summed E-state index contributed by atoms with van der Waals surface area (Å²) in [6.45, 7) is 6.47. The van der Waals surface area contributed by atoms with E-state index in [0.29, 0.717) is 13.1 Å². The molecule has 0 aromatic rings. The summed E-state index contributed by atoms with van der Waals surface area (Å²) < 4.78 is 28.1. The highest BCUT2D eigenvalue weighted by Gasteiger charge is 2.34. The fourth-order valence-electron chi connectivity index (χ4n) is 2.57. The van der Waals surface area contributed by atoms with Crippen molar-refractivity contribution in [3.8, 4) is 0 Å². The van der Waals surface area contributed by atoms with Crippen LogP contribution < -0.4 is 0 Å². The van der Waals surface area contributed by atoms with Gasteiger partial charge in [0.15, 0.2) is 0 Å². The Hall–Kier alpha value is -0.210. The highest BCUT2D eigenvalue weighted by Crippen LogP contribution is 2.20. The molecule has 1 aliphatic rings. The zero-order valence-corrected chi connectivity index (χ0v) is 13.1. The number of hydrogen-bond donors (Lipinski definition) is 1.